The molecule has 1 unspecified atom stereocenters. The molecule has 0 amide bonds. The molecule has 5 nitrogen and oxygen atoms in total. The summed E-state index contributed by atoms with van der Waals surface area (Å²) in [6.45, 7) is 3.93. The summed E-state index contributed by atoms with van der Waals surface area (Å²) < 4.78 is 10.4. The van der Waals surface area contributed by atoms with Crippen molar-refractivity contribution in [1.82, 2.24) is 0 Å². The lowest BCUT2D eigenvalue weighted by molar-refractivity contribution is -0.161. The molecular weight excluding hydrogens is 452 g/mol. The minimum Gasteiger partial charge on any atom is -0.462 e. The number of aliphatic hydroxyl groups excluding tert-OH is 1. The first-order chi connectivity index (χ1) is 17.6. The molecule has 0 bridgehead atoms. The fraction of sp³-hybridized carbons (Fsp3) is 0.677. The second kappa shape index (κ2) is 27.4. The third-order valence-electron chi connectivity index (χ3n) is 5.63. The van der Waals surface area contributed by atoms with E-state index in [1.165, 1.54) is 32.1 Å². The van der Waals surface area contributed by atoms with E-state index in [9.17, 15) is 14.7 Å². The zero-order valence-corrected chi connectivity index (χ0v) is 23.0. The first-order valence-corrected chi connectivity index (χ1v) is 14.2. The fourth-order valence-corrected chi connectivity index (χ4v) is 3.42. The predicted octanol–water partition coefficient (Wildman–Crippen LogP) is 7.94. The number of carbonyl (C=O) groups is 2. The van der Waals surface area contributed by atoms with Crippen molar-refractivity contribution in [3.63, 3.8) is 0 Å². The van der Waals surface area contributed by atoms with E-state index in [0.717, 1.165) is 51.4 Å². The normalized spacial score (nSPS) is 12.9. The zero-order chi connectivity index (χ0) is 26.5. The molecule has 0 aliphatic rings. The summed E-state index contributed by atoms with van der Waals surface area (Å²) in [5, 5.41) is 9.39. The van der Waals surface area contributed by atoms with Crippen LogP contribution in [0.1, 0.15) is 117 Å². The first kappa shape index (κ1) is 33.9. The van der Waals surface area contributed by atoms with E-state index in [4.69, 9.17) is 9.47 Å². The van der Waals surface area contributed by atoms with Crippen molar-refractivity contribution in [2.24, 2.45) is 0 Å². The van der Waals surface area contributed by atoms with Crippen LogP contribution in [0, 0.1) is 0 Å². The maximum Gasteiger partial charge on any atom is 0.306 e. The number of ether oxygens (including phenoxy) is 2. The predicted molar refractivity (Wildman–Crippen MR) is 150 cm³/mol. The van der Waals surface area contributed by atoms with Crippen LogP contribution < -0.4 is 0 Å². The minimum atomic E-state index is -0.793. The van der Waals surface area contributed by atoms with Crippen molar-refractivity contribution in [3.8, 4) is 0 Å². The van der Waals surface area contributed by atoms with E-state index >= 15 is 0 Å². The van der Waals surface area contributed by atoms with Crippen LogP contribution in [0.15, 0.2) is 48.6 Å². The third kappa shape index (κ3) is 25.0. The van der Waals surface area contributed by atoms with E-state index in [2.05, 4.69) is 62.5 Å². The Hall–Kier alpha value is -2.14. The minimum absolute atomic E-state index is 0.0901. The topological polar surface area (TPSA) is 72.8 Å². The van der Waals surface area contributed by atoms with Crippen molar-refractivity contribution in [3.05, 3.63) is 48.6 Å². The molecule has 0 spiro atoms. The molecule has 0 aromatic rings. The molecule has 0 saturated heterocycles. The van der Waals surface area contributed by atoms with Crippen LogP contribution in [0.25, 0.3) is 0 Å². The highest BCUT2D eigenvalue weighted by Crippen LogP contribution is 2.07. The zero-order valence-electron chi connectivity index (χ0n) is 23.0. The van der Waals surface area contributed by atoms with Gasteiger partial charge in [-0.2, -0.15) is 0 Å². The fourth-order valence-electron chi connectivity index (χ4n) is 3.42. The molecule has 0 aliphatic heterocycles. The van der Waals surface area contributed by atoms with Crippen molar-refractivity contribution in [2.75, 3.05) is 13.2 Å². The van der Waals surface area contributed by atoms with Gasteiger partial charge in [0.1, 0.15) is 6.61 Å². The Morgan fingerprint density at radius 3 is 1.72 bits per heavy atom. The van der Waals surface area contributed by atoms with Gasteiger partial charge >= 0.3 is 11.9 Å². The Kier molecular flexibility index (Phi) is 25.8. The van der Waals surface area contributed by atoms with Crippen molar-refractivity contribution >= 4 is 11.9 Å². The van der Waals surface area contributed by atoms with Crippen LogP contribution in [-0.2, 0) is 19.1 Å². The van der Waals surface area contributed by atoms with Gasteiger partial charge in [-0.05, 0) is 51.4 Å². The summed E-state index contributed by atoms with van der Waals surface area (Å²) in [4.78, 5) is 23.7. The molecule has 0 radical (unpaired) electrons. The molecule has 0 aromatic heterocycles. The molecule has 1 atom stereocenters. The quantitative estimate of drug-likeness (QED) is 0.0820. The van der Waals surface area contributed by atoms with E-state index in [-0.39, 0.29) is 31.6 Å². The Labute approximate surface area is 220 Å². The van der Waals surface area contributed by atoms with Gasteiger partial charge in [-0.1, -0.05) is 101 Å². The summed E-state index contributed by atoms with van der Waals surface area (Å²) in [7, 11) is 0. The summed E-state index contributed by atoms with van der Waals surface area (Å²) in [6, 6.07) is 0. The highest BCUT2D eigenvalue weighted by atomic mass is 16.6. The highest BCUT2D eigenvalue weighted by molar-refractivity contribution is 5.70. The van der Waals surface area contributed by atoms with Crippen LogP contribution in [0.4, 0.5) is 0 Å². The molecule has 5 heteroatoms. The maximum absolute atomic E-state index is 12.0. The Bertz CT molecular complexity index is 633. The molecule has 36 heavy (non-hydrogen) atoms. The van der Waals surface area contributed by atoms with Crippen molar-refractivity contribution in [2.45, 2.75) is 123 Å². The van der Waals surface area contributed by atoms with E-state index < -0.39 is 6.10 Å². The molecule has 1 N–H and O–H groups in total. The van der Waals surface area contributed by atoms with Crippen molar-refractivity contribution < 1.29 is 24.2 Å². The Balaban J connectivity index is 3.75. The van der Waals surface area contributed by atoms with Gasteiger partial charge in [0.25, 0.3) is 0 Å². The summed E-state index contributed by atoms with van der Waals surface area (Å²) in [5.74, 6) is -0.679. The van der Waals surface area contributed by atoms with Gasteiger partial charge in [0.15, 0.2) is 6.10 Å². The molecule has 206 valence electrons. The van der Waals surface area contributed by atoms with Gasteiger partial charge in [-0.25, -0.2) is 0 Å². The lowest BCUT2D eigenvalue weighted by Gasteiger charge is -2.15. The molecule has 0 fully saturated rings. The second-order valence-corrected chi connectivity index (χ2v) is 9.12. The summed E-state index contributed by atoms with van der Waals surface area (Å²) in [5.41, 5.74) is 0. The molecule has 0 aromatic carbocycles. The molecule has 0 heterocycles. The monoisotopic (exact) mass is 504 g/mol. The standard InChI is InChI=1S/C31H52O5/c1-3-5-7-9-10-11-12-13-14-15-16-17-18-19-20-22-24-26-31(34)36-29(27-32)28-35-30(33)25-23-21-8-6-4-2/h10-11,13-14,16-17,19-20,29,32H,3-9,12,15,18,21-28H2,1-2H3. The van der Waals surface area contributed by atoms with Crippen LogP contribution in [0.5, 0.6) is 0 Å². The van der Waals surface area contributed by atoms with Crippen LogP contribution in [0.2, 0.25) is 0 Å². The lowest BCUT2D eigenvalue weighted by Crippen LogP contribution is -2.28. The Morgan fingerprint density at radius 2 is 1.14 bits per heavy atom. The number of carbonyl (C=O) groups excluding carboxylic acids is 2. The largest absolute Gasteiger partial charge is 0.462 e. The van der Waals surface area contributed by atoms with Gasteiger partial charge in [-0.3, -0.25) is 9.59 Å². The average Bonchev–Trinajstić information content (AvgIpc) is 2.88. The van der Waals surface area contributed by atoms with E-state index in [0.29, 0.717) is 12.8 Å². The van der Waals surface area contributed by atoms with Gasteiger partial charge < -0.3 is 14.6 Å². The van der Waals surface area contributed by atoms with Gasteiger partial charge in [-0.15, -0.1) is 0 Å². The smallest absolute Gasteiger partial charge is 0.306 e. The van der Waals surface area contributed by atoms with Crippen LogP contribution >= 0.6 is 0 Å². The summed E-state index contributed by atoms with van der Waals surface area (Å²) in [6.07, 6.45) is 31.9. The molecule has 0 saturated carbocycles. The number of allylic oxidation sites excluding steroid dienone is 8. The number of unbranched alkanes of at least 4 members (excludes halogenated alkanes) is 8. The summed E-state index contributed by atoms with van der Waals surface area (Å²) >= 11 is 0. The number of esters is 2. The highest BCUT2D eigenvalue weighted by Gasteiger charge is 2.15. The lowest BCUT2D eigenvalue weighted by atomic mass is 10.1. The third-order valence-corrected chi connectivity index (χ3v) is 5.63. The SMILES string of the molecule is CCCCCC=CCC=CCC=CCC=CCCCC(=O)OC(CO)COC(=O)CCCCCCC. The molecule has 0 rings (SSSR count). The average molecular weight is 505 g/mol. The molecular formula is C31H52O5. The number of hydrogen-bond donors (Lipinski definition) is 1. The van der Waals surface area contributed by atoms with Gasteiger partial charge in [0.2, 0.25) is 0 Å². The van der Waals surface area contributed by atoms with Crippen LogP contribution in [-0.4, -0.2) is 36.4 Å². The van der Waals surface area contributed by atoms with Crippen molar-refractivity contribution in [1.29, 1.82) is 0 Å². The van der Waals surface area contributed by atoms with Gasteiger partial charge in [0, 0.05) is 12.8 Å². The Morgan fingerprint density at radius 1 is 0.639 bits per heavy atom. The van der Waals surface area contributed by atoms with Gasteiger partial charge in [0.05, 0.1) is 6.61 Å². The number of rotatable bonds is 24. The first-order valence-electron chi connectivity index (χ1n) is 14.2. The number of hydrogen-bond acceptors (Lipinski definition) is 5. The number of aliphatic hydroxyl groups is 1. The van der Waals surface area contributed by atoms with E-state index in [1.807, 2.05) is 0 Å². The van der Waals surface area contributed by atoms with Crippen LogP contribution in [0.3, 0.4) is 0 Å². The van der Waals surface area contributed by atoms with E-state index in [1.54, 1.807) is 0 Å². The maximum atomic E-state index is 12.0. The molecule has 0 aliphatic carbocycles. The second-order valence-electron chi connectivity index (χ2n) is 9.12.